The second kappa shape index (κ2) is 9.51. The monoisotopic (exact) mass is 485 g/mol. The molecule has 0 fully saturated rings. The van der Waals surface area contributed by atoms with Crippen LogP contribution in [0.2, 0.25) is 5.02 Å². The zero-order valence-electron chi connectivity index (χ0n) is 17.8. The van der Waals surface area contributed by atoms with E-state index >= 15 is 0 Å². The van der Waals surface area contributed by atoms with E-state index < -0.39 is 17.2 Å². The average molecular weight is 486 g/mol. The van der Waals surface area contributed by atoms with Crippen molar-refractivity contribution in [3.05, 3.63) is 85.3 Å². The lowest BCUT2D eigenvalue weighted by Gasteiger charge is -2.14. The normalized spacial score (nSPS) is 10.9. The summed E-state index contributed by atoms with van der Waals surface area (Å²) in [5, 5.41) is 4.90. The maximum absolute atomic E-state index is 13.3. The summed E-state index contributed by atoms with van der Waals surface area (Å²) in [6.07, 6.45) is 0. The first-order chi connectivity index (χ1) is 15.9. The van der Waals surface area contributed by atoms with Crippen molar-refractivity contribution in [2.24, 2.45) is 0 Å². The van der Waals surface area contributed by atoms with Crippen LogP contribution in [0.1, 0.15) is 5.56 Å². The molecule has 0 saturated carbocycles. The van der Waals surface area contributed by atoms with Crippen LogP contribution in [0.25, 0.3) is 15.9 Å². The lowest BCUT2D eigenvalue weighted by molar-refractivity contribution is -0.121. The van der Waals surface area contributed by atoms with E-state index in [1.807, 2.05) is 6.07 Å². The minimum Gasteiger partial charge on any atom is -0.493 e. The topological polar surface area (TPSA) is 91.6 Å². The van der Waals surface area contributed by atoms with Crippen LogP contribution in [-0.2, 0) is 17.9 Å². The van der Waals surface area contributed by atoms with Crippen LogP contribution in [0.3, 0.4) is 0 Å². The molecule has 0 bridgehead atoms. The largest absolute Gasteiger partial charge is 0.493 e. The van der Waals surface area contributed by atoms with Gasteiger partial charge in [0.05, 0.1) is 25.4 Å². The highest BCUT2D eigenvalue weighted by atomic mass is 35.5. The number of benzene rings is 2. The van der Waals surface area contributed by atoms with Gasteiger partial charge in [-0.15, -0.1) is 11.3 Å². The zero-order valence-corrected chi connectivity index (χ0v) is 19.4. The number of fused-ring (bicyclic) bond motifs is 1. The molecular formula is C23H20ClN3O5S. The number of methoxy groups -OCH3 is 2. The zero-order chi connectivity index (χ0) is 23.5. The number of hydrogen-bond acceptors (Lipinski definition) is 6. The first-order valence-corrected chi connectivity index (χ1v) is 11.2. The van der Waals surface area contributed by atoms with Gasteiger partial charge in [0, 0.05) is 17.1 Å². The summed E-state index contributed by atoms with van der Waals surface area (Å²) < 4.78 is 13.4. The minimum absolute atomic E-state index is 0.175. The Balaban J connectivity index is 1.67. The van der Waals surface area contributed by atoms with Gasteiger partial charge in [-0.1, -0.05) is 29.8 Å². The second-order valence-electron chi connectivity index (χ2n) is 7.05. The van der Waals surface area contributed by atoms with Gasteiger partial charge < -0.3 is 14.8 Å². The summed E-state index contributed by atoms with van der Waals surface area (Å²) in [5.74, 6) is 0.673. The molecule has 2 aromatic carbocycles. The molecule has 0 aliphatic heterocycles. The molecule has 10 heteroatoms. The van der Waals surface area contributed by atoms with Gasteiger partial charge in [0.15, 0.2) is 11.5 Å². The van der Waals surface area contributed by atoms with E-state index in [2.05, 4.69) is 5.32 Å². The van der Waals surface area contributed by atoms with Crippen molar-refractivity contribution in [2.75, 3.05) is 14.2 Å². The predicted molar refractivity (Wildman–Crippen MR) is 128 cm³/mol. The Labute approximate surface area is 197 Å². The number of carbonyl (C=O) groups is 1. The predicted octanol–water partition coefficient (Wildman–Crippen LogP) is 3.20. The summed E-state index contributed by atoms with van der Waals surface area (Å²) in [6.45, 7) is -0.0894. The fraction of sp³-hybridized carbons (Fsp3) is 0.174. The number of nitrogens with one attached hydrogen (secondary N) is 1. The maximum atomic E-state index is 13.3. The average Bonchev–Trinajstić information content (AvgIpc) is 3.30. The molecule has 0 unspecified atom stereocenters. The number of ether oxygens (including phenoxy) is 2. The minimum atomic E-state index is -0.623. The Morgan fingerprint density at radius 2 is 1.88 bits per heavy atom. The molecule has 2 heterocycles. The summed E-state index contributed by atoms with van der Waals surface area (Å²) in [7, 11) is 3.06. The molecule has 0 saturated heterocycles. The molecule has 0 aliphatic carbocycles. The smallest absolute Gasteiger partial charge is 0.336 e. The van der Waals surface area contributed by atoms with Crippen molar-refractivity contribution in [3.63, 3.8) is 0 Å². The summed E-state index contributed by atoms with van der Waals surface area (Å²) in [4.78, 5) is 39.1. The van der Waals surface area contributed by atoms with Gasteiger partial charge in [0.1, 0.15) is 11.2 Å². The standard InChI is InChI=1S/C23H20ClN3O5S/c1-31-18-8-3-5-14(20(18)32-2)12-25-19(28)13-26-17-9-10-33-21(17)22(29)27(23(26)30)16-7-4-6-15(24)11-16/h3-11H,12-13H2,1-2H3,(H,25,28). The van der Waals surface area contributed by atoms with Crippen LogP contribution in [0.15, 0.2) is 63.5 Å². The van der Waals surface area contributed by atoms with Crippen molar-refractivity contribution in [2.45, 2.75) is 13.1 Å². The Morgan fingerprint density at radius 3 is 2.61 bits per heavy atom. The van der Waals surface area contributed by atoms with Gasteiger partial charge in [-0.2, -0.15) is 0 Å². The van der Waals surface area contributed by atoms with Crippen LogP contribution in [0, 0.1) is 0 Å². The molecule has 1 N–H and O–H groups in total. The van der Waals surface area contributed by atoms with E-state index in [0.29, 0.717) is 32.4 Å². The van der Waals surface area contributed by atoms with E-state index in [9.17, 15) is 14.4 Å². The number of amides is 1. The summed E-state index contributed by atoms with van der Waals surface area (Å²) in [6, 6.07) is 13.5. The molecular weight excluding hydrogens is 466 g/mol. The van der Waals surface area contributed by atoms with Crippen LogP contribution in [0.4, 0.5) is 0 Å². The third-order valence-corrected chi connectivity index (χ3v) is 6.21. The number of rotatable bonds is 7. The van der Waals surface area contributed by atoms with E-state index in [1.165, 1.54) is 36.2 Å². The van der Waals surface area contributed by atoms with Gasteiger partial charge >= 0.3 is 5.69 Å². The number of para-hydroxylation sites is 1. The molecule has 0 aliphatic rings. The van der Waals surface area contributed by atoms with E-state index in [-0.39, 0.29) is 13.1 Å². The van der Waals surface area contributed by atoms with Crippen molar-refractivity contribution in [3.8, 4) is 17.2 Å². The van der Waals surface area contributed by atoms with Crippen molar-refractivity contribution in [1.82, 2.24) is 14.5 Å². The lowest BCUT2D eigenvalue weighted by Crippen LogP contribution is -2.41. The second-order valence-corrected chi connectivity index (χ2v) is 8.41. The van der Waals surface area contributed by atoms with Gasteiger partial charge in [0.2, 0.25) is 5.91 Å². The van der Waals surface area contributed by atoms with E-state index in [0.717, 1.165) is 10.1 Å². The summed E-state index contributed by atoms with van der Waals surface area (Å²) >= 11 is 7.27. The van der Waals surface area contributed by atoms with Crippen LogP contribution in [0.5, 0.6) is 11.5 Å². The highest BCUT2D eigenvalue weighted by Crippen LogP contribution is 2.30. The van der Waals surface area contributed by atoms with E-state index in [4.69, 9.17) is 21.1 Å². The molecule has 0 atom stereocenters. The number of aromatic nitrogens is 2. The Hall–Kier alpha value is -3.56. The van der Waals surface area contributed by atoms with Crippen molar-refractivity contribution in [1.29, 1.82) is 0 Å². The van der Waals surface area contributed by atoms with Gasteiger partial charge in [-0.25, -0.2) is 9.36 Å². The Bertz CT molecular complexity index is 1460. The molecule has 33 heavy (non-hydrogen) atoms. The molecule has 4 aromatic rings. The lowest BCUT2D eigenvalue weighted by atomic mass is 10.2. The molecule has 0 radical (unpaired) electrons. The van der Waals surface area contributed by atoms with Crippen LogP contribution < -0.4 is 26.0 Å². The molecule has 0 spiro atoms. The van der Waals surface area contributed by atoms with Crippen molar-refractivity contribution >= 4 is 39.1 Å². The third-order valence-electron chi connectivity index (χ3n) is 5.08. The number of nitrogens with zero attached hydrogens (tertiary/aromatic N) is 2. The van der Waals surface area contributed by atoms with E-state index in [1.54, 1.807) is 41.8 Å². The van der Waals surface area contributed by atoms with Crippen LogP contribution >= 0.6 is 22.9 Å². The highest BCUT2D eigenvalue weighted by Gasteiger charge is 2.18. The number of thiophene rings is 1. The number of carbonyl (C=O) groups excluding carboxylic acids is 1. The molecule has 1 amide bonds. The number of halogens is 1. The third kappa shape index (κ3) is 4.37. The SMILES string of the molecule is COc1cccc(CNC(=O)Cn2c(=O)n(-c3cccc(Cl)c3)c(=O)c3sccc32)c1OC. The first-order valence-electron chi connectivity index (χ1n) is 9.90. The fourth-order valence-electron chi connectivity index (χ4n) is 3.57. The fourth-order valence-corrected chi connectivity index (χ4v) is 4.58. The Morgan fingerprint density at radius 1 is 1.09 bits per heavy atom. The summed E-state index contributed by atoms with van der Waals surface area (Å²) in [5.41, 5.74) is 0.389. The molecule has 8 nitrogen and oxygen atoms in total. The molecule has 170 valence electrons. The van der Waals surface area contributed by atoms with Crippen LogP contribution in [-0.4, -0.2) is 29.3 Å². The van der Waals surface area contributed by atoms with Gasteiger partial charge in [-0.05, 0) is 35.7 Å². The maximum Gasteiger partial charge on any atom is 0.336 e. The molecule has 4 rings (SSSR count). The quantitative estimate of drug-likeness (QED) is 0.434. The highest BCUT2D eigenvalue weighted by molar-refractivity contribution is 7.17. The molecule has 2 aromatic heterocycles. The Kier molecular flexibility index (Phi) is 6.52. The number of hydrogen-bond donors (Lipinski definition) is 1. The first kappa shape index (κ1) is 22.6. The van der Waals surface area contributed by atoms with Crippen molar-refractivity contribution < 1.29 is 14.3 Å². The van der Waals surface area contributed by atoms with Gasteiger partial charge in [0.25, 0.3) is 5.56 Å². The van der Waals surface area contributed by atoms with Gasteiger partial charge in [-0.3, -0.25) is 14.2 Å².